The average molecular weight is 373 g/mol. The normalized spacial score (nSPS) is 11.2. The van der Waals surface area contributed by atoms with E-state index in [2.05, 4.69) is 0 Å². The van der Waals surface area contributed by atoms with Crippen molar-refractivity contribution in [2.75, 3.05) is 10.8 Å². The molecule has 1 heterocycles. The molecule has 0 aliphatic heterocycles. The molecule has 0 aliphatic carbocycles. The summed E-state index contributed by atoms with van der Waals surface area (Å²) >= 11 is 1.06. The van der Waals surface area contributed by atoms with Gasteiger partial charge in [-0.05, 0) is 23.1 Å². The van der Waals surface area contributed by atoms with Crippen LogP contribution in [0.4, 0.5) is 5.69 Å². The average Bonchev–Trinajstić information content (AvgIpc) is 3.16. The largest absolute Gasteiger partial charge is 0.480 e. The van der Waals surface area contributed by atoms with Gasteiger partial charge in [0.15, 0.2) is 0 Å². The standard InChI is InChI=1S/C18H15NO4S2/c20-17(21)13-19(25(22,23)18-11-6-12-24-18)16-10-5-4-9-15(16)14-7-2-1-3-8-14/h1-12H,13H2,(H,20,21). The fraction of sp³-hybridized carbons (Fsp3) is 0.0556. The smallest absolute Gasteiger partial charge is 0.324 e. The van der Waals surface area contributed by atoms with Crippen molar-refractivity contribution in [3.05, 3.63) is 72.1 Å². The number of hydrogen-bond donors (Lipinski definition) is 1. The first kappa shape index (κ1) is 17.2. The van der Waals surface area contributed by atoms with Gasteiger partial charge in [0, 0.05) is 5.56 Å². The van der Waals surface area contributed by atoms with E-state index in [1.165, 1.54) is 6.07 Å². The molecule has 0 saturated heterocycles. The van der Waals surface area contributed by atoms with E-state index >= 15 is 0 Å². The lowest BCUT2D eigenvalue weighted by atomic mass is 10.0. The summed E-state index contributed by atoms with van der Waals surface area (Å²) in [6.07, 6.45) is 0. The number of thiophene rings is 1. The summed E-state index contributed by atoms with van der Waals surface area (Å²) in [5.74, 6) is -1.22. The minimum absolute atomic E-state index is 0.108. The summed E-state index contributed by atoms with van der Waals surface area (Å²) in [6.45, 7) is -0.649. The van der Waals surface area contributed by atoms with Crippen molar-refractivity contribution >= 4 is 33.0 Å². The van der Waals surface area contributed by atoms with Gasteiger partial charge in [0.25, 0.3) is 10.0 Å². The van der Waals surface area contributed by atoms with Crippen LogP contribution in [-0.4, -0.2) is 26.0 Å². The topological polar surface area (TPSA) is 74.7 Å². The third-order valence-corrected chi connectivity index (χ3v) is 6.71. The number of nitrogens with zero attached hydrogens (tertiary/aromatic N) is 1. The number of carboxylic acids is 1. The molecule has 1 N–H and O–H groups in total. The van der Waals surface area contributed by atoms with Crippen molar-refractivity contribution in [1.29, 1.82) is 0 Å². The number of anilines is 1. The molecule has 7 heteroatoms. The van der Waals surface area contributed by atoms with Gasteiger partial charge in [-0.1, -0.05) is 54.6 Å². The lowest BCUT2D eigenvalue weighted by Gasteiger charge is -2.24. The fourth-order valence-corrected chi connectivity index (χ4v) is 5.03. The molecule has 3 rings (SSSR count). The quantitative estimate of drug-likeness (QED) is 0.715. The van der Waals surface area contributed by atoms with Crippen molar-refractivity contribution < 1.29 is 18.3 Å². The van der Waals surface area contributed by atoms with Crippen molar-refractivity contribution in [2.45, 2.75) is 4.21 Å². The number of sulfonamides is 1. The zero-order valence-corrected chi connectivity index (χ0v) is 14.7. The SMILES string of the molecule is O=C(O)CN(c1ccccc1-c1ccccc1)S(=O)(=O)c1cccs1. The first-order valence-corrected chi connectivity index (χ1v) is 9.74. The predicted molar refractivity (Wildman–Crippen MR) is 98.4 cm³/mol. The molecular formula is C18H15NO4S2. The molecule has 3 aromatic rings. The molecule has 0 aliphatic rings. The van der Waals surface area contributed by atoms with Gasteiger partial charge in [-0.3, -0.25) is 9.10 Å². The van der Waals surface area contributed by atoms with Crippen LogP contribution in [0.5, 0.6) is 0 Å². The molecule has 0 amide bonds. The van der Waals surface area contributed by atoms with Crippen LogP contribution in [0.3, 0.4) is 0 Å². The molecule has 128 valence electrons. The number of aliphatic carboxylic acids is 1. The van der Waals surface area contributed by atoms with E-state index in [1.807, 2.05) is 30.3 Å². The molecular weight excluding hydrogens is 358 g/mol. The van der Waals surface area contributed by atoms with Crippen molar-refractivity contribution in [2.24, 2.45) is 0 Å². The van der Waals surface area contributed by atoms with E-state index in [1.54, 1.807) is 35.7 Å². The Balaban J connectivity index is 2.18. The van der Waals surface area contributed by atoms with Gasteiger partial charge in [-0.2, -0.15) is 0 Å². The Hall–Kier alpha value is -2.64. The van der Waals surface area contributed by atoms with Crippen molar-refractivity contribution in [3.63, 3.8) is 0 Å². The monoisotopic (exact) mass is 373 g/mol. The summed E-state index contributed by atoms with van der Waals surface area (Å²) in [6, 6.07) is 19.3. The number of benzene rings is 2. The third-order valence-electron chi connectivity index (χ3n) is 3.58. The van der Waals surface area contributed by atoms with Gasteiger partial charge < -0.3 is 5.11 Å². The minimum atomic E-state index is -3.97. The van der Waals surface area contributed by atoms with E-state index in [-0.39, 0.29) is 4.21 Å². The lowest BCUT2D eigenvalue weighted by Crippen LogP contribution is -2.35. The lowest BCUT2D eigenvalue weighted by molar-refractivity contribution is -0.135. The minimum Gasteiger partial charge on any atom is -0.480 e. The Bertz CT molecular complexity index is 967. The van der Waals surface area contributed by atoms with Gasteiger partial charge in [0.05, 0.1) is 5.69 Å². The Labute approximate surface area is 149 Å². The molecule has 25 heavy (non-hydrogen) atoms. The maximum Gasteiger partial charge on any atom is 0.324 e. The first-order chi connectivity index (χ1) is 12.0. The maximum atomic E-state index is 13.0. The van der Waals surface area contributed by atoms with Crippen LogP contribution in [-0.2, 0) is 14.8 Å². The van der Waals surface area contributed by atoms with E-state index in [4.69, 9.17) is 0 Å². The van der Waals surface area contributed by atoms with Crippen molar-refractivity contribution in [3.8, 4) is 11.1 Å². The number of carbonyl (C=O) groups is 1. The second kappa shape index (κ2) is 7.08. The Kier molecular flexibility index (Phi) is 4.87. The molecule has 0 fully saturated rings. The summed E-state index contributed by atoms with van der Waals surface area (Å²) < 4.78 is 27.0. The van der Waals surface area contributed by atoms with Crippen LogP contribution in [0.15, 0.2) is 76.3 Å². The van der Waals surface area contributed by atoms with Crippen LogP contribution in [0, 0.1) is 0 Å². The maximum absolute atomic E-state index is 13.0. The summed E-state index contributed by atoms with van der Waals surface area (Å²) in [7, 11) is -3.97. The Morgan fingerprint density at radius 2 is 1.64 bits per heavy atom. The second-order valence-electron chi connectivity index (χ2n) is 5.22. The van der Waals surface area contributed by atoms with Crippen LogP contribution in [0.2, 0.25) is 0 Å². The number of para-hydroxylation sites is 1. The summed E-state index contributed by atoms with van der Waals surface area (Å²) in [4.78, 5) is 11.3. The van der Waals surface area contributed by atoms with Crippen LogP contribution in [0.1, 0.15) is 0 Å². The molecule has 1 aromatic heterocycles. The van der Waals surface area contributed by atoms with E-state index in [0.29, 0.717) is 11.3 Å². The first-order valence-electron chi connectivity index (χ1n) is 7.42. The highest BCUT2D eigenvalue weighted by atomic mass is 32.2. The highest BCUT2D eigenvalue weighted by Crippen LogP contribution is 2.34. The van der Waals surface area contributed by atoms with Crippen molar-refractivity contribution in [1.82, 2.24) is 0 Å². The van der Waals surface area contributed by atoms with E-state index < -0.39 is 22.5 Å². The fourth-order valence-electron chi connectivity index (χ4n) is 2.49. The van der Waals surface area contributed by atoms with Crippen LogP contribution >= 0.6 is 11.3 Å². The highest BCUT2D eigenvalue weighted by Gasteiger charge is 2.29. The molecule has 0 saturated carbocycles. The van der Waals surface area contributed by atoms with Crippen LogP contribution < -0.4 is 4.31 Å². The van der Waals surface area contributed by atoms with Gasteiger partial charge in [0.1, 0.15) is 10.8 Å². The molecule has 0 spiro atoms. The molecule has 0 radical (unpaired) electrons. The third kappa shape index (κ3) is 3.57. The number of rotatable bonds is 6. The molecule has 2 aromatic carbocycles. The van der Waals surface area contributed by atoms with Gasteiger partial charge >= 0.3 is 5.97 Å². The highest BCUT2D eigenvalue weighted by molar-refractivity contribution is 7.94. The number of hydrogen-bond acceptors (Lipinski definition) is 4. The number of carboxylic acid groups (broad SMARTS) is 1. The zero-order chi connectivity index (χ0) is 17.9. The Morgan fingerprint density at radius 1 is 0.960 bits per heavy atom. The molecule has 0 unspecified atom stereocenters. The molecule has 5 nitrogen and oxygen atoms in total. The zero-order valence-electron chi connectivity index (χ0n) is 13.1. The molecule has 0 atom stereocenters. The summed E-state index contributed by atoms with van der Waals surface area (Å²) in [5, 5.41) is 10.9. The van der Waals surface area contributed by atoms with Gasteiger partial charge in [-0.15, -0.1) is 11.3 Å². The van der Waals surface area contributed by atoms with Crippen LogP contribution in [0.25, 0.3) is 11.1 Å². The Morgan fingerprint density at radius 3 is 2.28 bits per heavy atom. The molecule has 0 bridgehead atoms. The predicted octanol–water partition coefficient (Wildman–Crippen LogP) is 3.70. The summed E-state index contributed by atoms with van der Waals surface area (Å²) in [5.41, 5.74) is 1.81. The second-order valence-corrected chi connectivity index (χ2v) is 8.26. The van der Waals surface area contributed by atoms with Gasteiger partial charge in [-0.25, -0.2) is 8.42 Å². The van der Waals surface area contributed by atoms with Gasteiger partial charge in [0.2, 0.25) is 0 Å². The van der Waals surface area contributed by atoms with E-state index in [9.17, 15) is 18.3 Å². The van der Waals surface area contributed by atoms with E-state index in [0.717, 1.165) is 21.2 Å².